The number of rotatable bonds is 1. The maximum Gasteiger partial charge on any atom is 0.337 e. The maximum absolute atomic E-state index is 10.5. The van der Waals surface area contributed by atoms with Gasteiger partial charge in [0.2, 0.25) is 0 Å². The van der Waals surface area contributed by atoms with Crippen LogP contribution in [-0.2, 0) is 0 Å². The van der Waals surface area contributed by atoms with E-state index in [2.05, 4.69) is 16.8 Å². The van der Waals surface area contributed by atoms with E-state index in [1.807, 2.05) is 0 Å². The van der Waals surface area contributed by atoms with Crippen molar-refractivity contribution >= 4 is 17.6 Å². The molecule has 13 heavy (non-hydrogen) atoms. The van der Waals surface area contributed by atoms with Gasteiger partial charge >= 0.3 is 5.97 Å². The second kappa shape index (κ2) is 4.48. The van der Waals surface area contributed by atoms with Crippen molar-refractivity contribution < 1.29 is 9.90 Å². The molecule has 0 aliphatic carbocycles. The highest BCUT2D eigenvalue weighted by Gasteiger charge is 2.01. The van der Waals surface area contributed by atoms with Crippen LogP contribution in [0, 0.1) is 11.8 Å². The Morgan fingerprint density at radius 3 is 3.00 bits per heavy atom. The van der Waals surface area contributed by atoms with Gasteiger partial charge in [0.25, 0.3) is 0 Å². The lowest BCUT2D eigenvalue weighted by Crippen LogP contribution is -1.97. The first kappa shape index (κ1) is 9.56. The summed E-state index contributed by atoms with van der Waals surface area (Å²) in [5.74, 6) is 4.50. The van der Waals surface area contributed by atoms with E-state index >= 15 is 0 Å². The Hall–Kier alpha value is -1.53. The topological polar surface area (TPSA) is 50.2 Å². The molecule has 0 bridgehead atoms. The Morgan fingerprint density at radius 1 is 1.62 bits per heavy atom. The molecule has 4 heteroatoms. The Morgan fingerprint density at radius 2 is 2.38 bits per heavy atom. The molecule has 1 aromatic heterocycles. The molecule has 1 N–H and O–H groups in total. The number of alkyl halides is 1. The third-order valence-electron chi connectivity index (χ3n) is 1.28. The van der Waals surface area contributed by atoms with Gasteiger partial charge in [-0.05, 0) is 6.07 Å². The first-order valence-electron chi connectivity index (χ1n) is 3.47. The second-order valence-electron chi connectivity index (χ2n) is 2.20. The van der Waals surface area contributed by atoms with E-state index in [9.17, 15) is 4.79 Å². The molecule has 0 aliphatic rings. The summed E-state index contributed by atoms with van der Waals surface area (Å²) in [6.07, 6.45) is 2.76. The predicted octanol–water partition coefficient (Wildman–Crippen LogP) is 1.37. The van der Waals surface area contributed by atoms with Gasteiger partial charge in [0, 0.05) is 18.0 Å². The molecule has 0 radical (unpaired) electrons. The number of aromatic carboxylic acids is 1. The largest absolute Gasteiger partial charge is 0.478 e. The Labute approximate surface area is 80.4 Å². The minimum atomic E-state index is -1.01. The van der Waals surface area contributed by atoms with Crippen LogP contribution in [0.1, 0.15) is 15.9 Å². The van der Waals surface area contributed by atoms with Crippen LogP contribution in [-0.4, -0.2) is 21.9 Å². The van der Waals surface area contributed by atoms with Crippen LogP contribution in [0.25, 0.3) is 0 Å². The van der Waals surface area contributed by atoms with Crippen molar-refractivity contribution in [2.75, 3.05) is 5.88 Å². The highest BCUT2D eigenvalue weighted by Crippen LogP contribution is 2.00. The minimum Gasteiger partial charge on any atom is -0.478 e. The zero-order valence-electron chi connectivity index (χ0n) is 6.62. The fourth-order valence-electron chi connectivity index (χ4n) is 0.761. The van der Waals surface area contributed by atoms with Crippen molar-refractivity contribution in [3.63, 3.8) is 0 Å². The normalized spacial score (nSPS) is 8.69. The van der Waals surface area contributed by atoms with E-state index in [-0.39, 0.29) is 11.4 Å². The molecule has 0 fully saturated rings. The summed E-state index contributed by atoms with van der Waals surface area (Å²) in [6.45, 7) is 0. The molecule has 0 aromatic carbocycles. The van der Waals surface area contributed by atoms with Crippen molar-refractivity contribution in [1.82, 2.24) is 4.98 Å². The summed E-state index contributed by atoms with van der Waals surface area (Å²) in [4.78, 5) is 14.2. The van der Waals surface area contributed by atoms with Crippen molar-refractivity contribution in [2.45, 2.75) is 0 Å². The fraction of sp³-hybridized carbons (Fsp3) is 0.111. The van der Waals surface area contributed by atoms with E-state index in [0.717, 1.165) is 0 Å². The number of hydrogen-bond acceptors (Lipinski definition) is 2. The molecule has 0 amide bonds. The molecule has 3 nitrogen and oxygen atoms in total. The molecule has 1 heterocycles. The quantitative estimate of drug-likeness (QED) is 0.544. The molecule has 0 unspecified atom stereocenters. The van der Waals surface area contributed by atoms with Crippen LogP contribution in [0.5, 0.6) is 0 Å². The first-order chi connectivity index (χ1) is 6.24. The van der Waals surface area contributed by atoms with E-state index < -0.39 is 5.97 Å². The number of nitrogens with zero attached hydrogens (tertiary/aromatic N) is 1. The fourth-order valence-corrected chi connectivity index (χ4v) is 0.828. The van der Waals surface area contributed by atoms with Gasteiger partial charge in [-0.3, -0.25) is 4.98 Å². The van der Waals surface area contributed by atoms with E-state index in [1.165, 1.54) is 18.5 Å². The summed E-state index contributed by atoms with van der Waals surface area (Å²) < 4.78 is 0. The van der Waals surface area contributed by atoms with Gasteiger partial charge in [-0.2, -0.15) is 0 Å². The van der Waals surface area contributed by atoms with Crippen LogP contribution in [0.3, 0.4) is 0 Å². The molecular formula is C9H6ClNO2. The molecule has 0 saturated carbocycles. The Balaban J connectivity index is 2.98. The average Bonchev–Trinajstić information content (AvgIpc) is 2.15. The molecule has 1 rings (SSSR count). The lowest BCUT2D eigenvalue weighted by atomic mass is 10.2. The standard InChI is InChI=1S/C9H6ClNO2/c10-3-1-2-7-4-8(9(12)13)6-11-5-7/h4-6H,3H2,(H,12,13). The van der Waals surface area contributed by atoms with Gasteiger partial charge in [0.1, 0.15) is 0 Å². The van der Waals surface area contributed by atoms with Crippen LogP contribution in [0.4, 0.5) is 0 Å². The van der Waals surface area contributed by atoms with E-state index in [4.69, 9.17) is 16.7 Å². The van der Waals surface area contributed by atoms with Crippen LogP contribution < -0.4 is 0 Å². The summed E-state index contributed by atoms with van der Waals surface area (Å²) in [5.41, 5.74) is 0.682. The number of carboxylic acid groups (broad SMARTS) is 1. The lowest BCUT2D eigenvalue weighted by Gasteiger charge is -1.92. The van der Waals surface area contributed by atoms with Gasteiger partial charge in [-0.25, -0.2) is 4.79 Å². The number of hydrogen-bond donors (Lipinski definition) is 1. The zero-order chi connectivity index (χ0) is 9.68. The molecular weight excluding hydrogens is 190 g/mol. The summed E-state index contributed by atoms with van der Waals surface area (Å²) in [5, 5.41) is 8.62. The maximum atomic E-state index is 10.5. The van der Waals surface area contributed by atoms with Gasteiger partial charge < -0.3 is 5.11 Å². The smallest absolute Gasteiger partial charge is 0.337 e. The van der Waals surface area contributed by atoms with Crippen LogP contribution in [0.15, 0.2) is 18.5 Å². The summed E-state index contributed by atoms with van der Waals surface area (Å²) in [6, 6.07) is 1.45. The zero-order valence-corrected chi connectivity index (χ0v) is 7.38. The molecule has 1 aromatic rings. The third kappa shape index (κ3) is 2.77. The lowest BCUT2D eigenvalue weighted by molar-refractivity contribution is 0.0696. The van der Waals surface area contributed by atoms with Crippen LogP contribution >= 0.6 is 11.6 Å². The SMILES string of the molecule is O=C(O)c1cncc(C#CCCl)c1. The van der Waals surface area contributed by atoms with Crippen LogP contribution in [0.2, 0.25) is 0 Å². The average molecular weight is 196 g/mol. The monoisotopic (exact) mass is 195 g/mol. The summed E-state index contributed by atoms with van der Waals surface area (Å²) in [7, 11) is 0. The third-order valence-corrected chi connectivity index (χ3v) is 1.42. The Kier molecular flexibility index (Phi) is 3.30. The molecule has 66 valence electrons. The highest BCUT2D eigenvalue weighted by molar-refractivity contribution is 6.19. The predicted molar refractivity (Wildman–Crippen MR) is 48.8 cm³/mol. The van der Waals surface area contributed by atoms with Crippen molar-refractivity contribution in [3.05, 3.63) is 29.6 Å². The van der Waals surface area contributed by atoms with Crippen molar-refractivity contribution in [2.24, 2.45) is 0 Å². The van der Waals surface area contributed by atoms with Crippen molar-refractivity contribution in [1.29, 1.82) is 0 Å². The number of carbonyl (C=O) groups is 1. The minimum absolute atomic E-state index is 0.126. The van der Waals surface area contributed by atoms with Gasteiger partial charge in [-0.1, -0.05) is 11.8 Å². The van der Waals surface area contributed by atoms with E-state index in [0.29, 0.717) is 5.56 Å². The van der Waals surface area contributed by atoms with Crippen molar-refractivity contribution in [3.8, 4) is 11.8 Å². The Bertz CT molecular complexity index is 379. The van der Waals surface area contributed by atoms with Gasteiger partial charge in [0.05, 0.1) is 11.4 Å². The molecule has 0 aliphatic heterocycles. The highest BCUT2D eigenvalue weighted by atomic mass is 35.5. The first-order valence-corrected chi connectivity index (χ1v) is 4.00. The van der Waals surface area contributed by atoms with Gasteiger partial charge in [0.15, 0.2) is 0 Å². The van der Waals surface area contributed by atoms with E-state index in [1.54, 1.807) is 0 Å². The second-order valence-corrected chi connectivity index (χ2v) is 2.47. The number of carboxylic acids is 1. The number of halogens is 1. The van der Waals surface area contributed by atoms with Gasteiger partial charge in [-0.15, -0.1) is 11.6 Å². The molecule has 0 saturated heterocycles. The summed E-state index contributed by atoms with van der Waals surface area (Å²) >= 11 is 5.34. The molecule has 0 spiro atoms. The number of pyridine rings is 1. The number of aromatic nitrogens is 1. The molecule has 0 atom stereocenters.